The summed E-state index contributed by atoms with van der Waals surface area (Å²) in [5, 5.41) is 0. The van der Waals surface area contributed by atoms with Gasteiger partial charge in [0.1, 0.15) is 11.6 Å². The van der Waals surface area contributed by atoms with Crippen LogP contribution in [-0.2, 0) is 6.42 Å². The van der Waals surface area contributed by atoms with Gasteiger partial charge in [-0.3, -0.25) is 0 Å². The Morgan fingerprint density at radius 2 is 1.95 bits per heavy atom. The minimum absolute atomic E-state index is 0.595. The molecule has 0 aliphatic carbocycles. The standard InChI is InChI=1S/C16H17N3O/c1-12-15-4-2-3-10-19(15)16(18-12)9-11-20-14-7-5-13(17)6-8-14/h2-8,10H,9,11,17H2,1H3. The Balaban J connectivity index is 1.70. The molecule has 0 radical (unpaired) electrons. The van der Waals surface area contributed by atoms with Crippen molar-refractivity contribution in [2.75, 3.05) is 12.3 Å². The number of nitrogens with zero attached hydrogens (tertiary/aromatic N) is 2. The van der Waals surface area contributed by atoms with Gasteiger partial charge in [-0.15, -0.1) is 0 Å². The van der Waals surface area contributed by atoms with Crippen LogP contribution in [0.25, 0.3) is 5.52 Å². The van der Waals surface area contributed by atoms with E-state index in [-0.39, 0.29) is 0 Å². The Morgan fingerprint density at radius 3 is 2.75 bits per heavy atom. The summed E-state index contributed by atoms with van der Waals surface area (Å²) in [6.45, 7) is 2.62. The number of nitrogens with two attached hydrogens (primary N) is 1. The largest absolute Gasteiger partial charge is 0.493 e. The molecule has 0 saturated heterocycles. The van der Waals surface area contributed by atoms with Gasteiger partial charge in [-0.25, -0.2) is 4.98 Å². The third kappa shape index (κ3) is 2.45. The molecule has 0 unspecified atom stereocenters. The number of anilines is 1. The zero-order valence-corrected chi connectivity index (χ0v) is 11.4. The smallest absolute Gasteiger partial charge is 0.119 e. The van der Waals surface area contributed by atoms with Crippen molar-refractivity contribution in [1.82, 2.24) is 9.38 Å². The molecule has 2 heterocycles. The fourth-order valence-electron chi connectivity index (χ4n) is 2.27. The summed E-state index contributed by atoms with van der Waals surface area (Å²) < 4.78 is 7.83. The number of fused-ring (bicyclic) bond motifs is 1. The number of ether oxygens (including phenoxy) is 1. The molecule has 0 amide bonds. The van der Waals surface area contributed by atoms with Gasteiger partial charge in [0.2, 0.25) is 0 Å². The fraction of sp³-hybridized carbons (Fsp3) is 0.188. The van der Waals surface area contributed by atoms with E-state index in [1.807, 2.05) is 49.5 Å². The highest BCUT2D eigenvalue weighted by Crippen LogP contribution is 2.15. The normalized spacial score (nSPS) is 10.8. The van der Waals surface area contributed by atoms with Crippen molar-refractivity contribution in [3.05, 3.63) is 60.2 Å². The van der Waals surface area contributed by atoms with Gasteiger partial charge in [0.25, 0.3) is 0 Å². The lowest BCUT2D eigenvalue weighted by Gasteiger charge is -2.06. The van der Waals surface area contributed by atoms with E-state index in [0.717, 1.165) is 34.9 Å². The fourth-order valence-corrected chi connectivity index (χ4v) is 2.27. The van der Waals surface area contributed by atoms with Crippen LogP contribution < -0.4 is 10.5 Å². The molecule has 4 heteroatoms. The van der Waals surface area contributed by atoms with Crippen LogP contribution >= 0.6 is 0 Å². The molecular weight excluding hydrogens is 250 g/mol. The monoisotopic (exact) mass is 267 g/mol. The lowest BCUT2D eigenvalue weighted by Crippen LogP contribution is -2.04. The van der Waals surface area contributed by atoms with Crippen molar-refractivity contribution in [3.8, 4) is 5.75 Å². The molecule has 2 N–H and O–H groups in total. The highest BCUT2D eigenvalue weighted by atomic mass is 16.5. The summed E-state index contributed by atoms with van der Waals surface area (Å²) in [6.07, 6.45) is 2.80. The quantitative estimate of drug-likeness (QED) is 0.739. The summed E-state index contributed by atoms with van der Waals surface area (Å²) in [6, 6.07) is 13.5. The van der Waals surface area contributed by atoms with Gasteiger partial charge in [0, 0.05) is 18.3 Å². The molecule has 0 bridgehead atoms. The second kappa shape index (κ2) is 5.25. The molecule has 0 saturated carbocycles. The Labute approximate surface area is 117 Å². The van der Waals surface area contributed by atoms with Crippen LogP contribution in [0.4, 0.5) is 5.69 Å². The molecule has 1 aromatic carbocycles. The zero-order valence-electron chi connectivity index (χ0n) is 11.4. The maximum atomic E-state index is 5.71. The second-order valence-electron chi connectivity index (χ2n) is 4.74. The summed E-state index contributed by atoms with van der Waals surface area (Å²) in [5.74, 6) is 1.85. The zero-order chi connectivity index (χ0) is 13.9. The Hall–Kier alpha value is -2.49. The average molecular weight is 267 g/mol. The number of rotatable bonds is 4. The minimum Gasteiger partial charge on any atom is -0.493 e. The number of nitrogen functional groups attached to an aromatic ring is 1. The number of hydrogen-bond donors (Lipinski definition) is 1. The van der Waals surface area contributed by atoms with Gasteiger partial charge in [-0.1, -0.05) is 6.07 Å². The van der Waals surface area contributed by atoms with Crippen LogP contribution in [0.15, 0.2) is 48.7 Å². The lowest BCUT2D eigenvalue weighted by atomic mass is 10.3. The van der Waals surface area contributed by atoms with Gasteiger partial charge in [-0.2, -0.15) is 0 Å². The van der Waals surface area contributed by atoms with Crippen LogP contribution in [0, 0.1) is 6.92 Å². The van der Waals surface area contributed by atoms with Crippen LogP contribution in [0.1, 0.15) is 11.5 Å². The van der Waals surface area contributed by atoms with Gasteiger partial charge in [0.05, 0.1) is 17.8 Å². The van der Waals surface area contributed by atoms with E-state index in [4.69, 9.17) is 10.5 Å². The molecule has 4 nitrogen and oxygen atoms in total. The van der Waals surface area contributed by atoms with Crippen LogP contribution in [0.5, 0.6) is 5.75 Å². The third-order valence-electron chi connectivity index (χ3n) is 3.28. The predicted octanol–water partition coefficient (Wildman–Crippen LogP) is 2.85. The third-order valence-corrected chi connectivity index (χ3v) is 3.28. The van der Waals surface area contributed by atoms with Crippen molar-refractivity contribution >= 4 is 11.2 Å². The molecule has 0 fully saturated rings. The minimum atomic E-state index is 0.595. The Bertz CT molecular complexity index is 716. The van der Waals surface area contributed by atoms with Crippen molar-refractivity contribution < 1.29 is 4.74 Å². The molecule has 0 atom stereocenters. The number of imidazole rings is 1. The van der Waals surface area contributed by atoms with E-state index in [1.165, 1.54) is 0 Å². The topological polar surface area (TPSA) is 52.5 Å². The SMILES string of the molecule is Cc1nc(CCOc2ccc(N)cc2)n2ccccc12. The Morgan fingerprint density at radius 1 is 1.15 bits per heavy atom. The number of pyridine rings is 1. The summed E-state index contributed by atoms with van der Waals surface area (Å²) in [4.78, 5) is 4.60. The van der Waals surface area contributed by atoms with Crippen LogP contribution in [0.2, 0.25) is 0 Å². The van der Waals surface area contributed by atoms with Crippen molar-refractivity contribution in [1.29, 1.82) is 0 Å². The van der Waals surface area contributed by atoms with Crippen molar-refractivity contribution in [2.24, 2.45) is 0 Å². The summed E-state index contributed by atoms with van der Waals surface area (Å²) >= 11 is 0. The summed E-state index contributed by atoms with van der Waals surface area (Å²) in [5.41, 5.74) is 8.58. The highest BCUT2D eigenvalue weighted by Gasteiger charge is 2.06. The number of benzene rings is 1. The number of aryl methyl sites for hydroxylation is 1. The lowest BCUT2D eigenvalue weighted by molar-refractivity contribution is 0.318. The summed E-state index contributed by atoms with van der Waals surface area (Å²) in [7, 11) is 0. The van der Waals surface area contributed by atoms with E-state index >= 15 is 0 Å². The van der Waals surface area contributed by atoms with E-state index in [9.17, 15) is 0 Å². The molecule has 0 aliphatic rings. The highest BCUT2D eigenvalue weighted by molar-refractivity contribution is 5.52. The van der Waals surface area contributed by atoms with Crippen molar-refractivity contribution in [2.45, 2.75) is 13.3 Å². The molecule has 3 rings (SSSR count). The first kappa shape index (κ1) is 12.5. The van der Waals surface area contributed by atoms with Gasteiger partial charge in [-0.05, 0) is 43.3 Å². The van der Waals surface area contributed by atoms with Crippen LogP contribution in [0.3, 0.4) is 0 Å². The molecule has 2 aromatic heterocycles. The van der Waals surface area contributed by atoms with Crippen LogP contribution in [-0.4, -0.2) is 16.0 Å². The van der Waals surface area contributed by atoms with Gasteiger partial charge < -0.3 is 14.9 Å². The first-order chi connectivity index (χ1) is 9.74. The van der Waals surface area contributed by atoms with Crippen molar-refractivity contribution in [3.63, 3.8) is 0 Å². The average Bonchev–Trinajstić information content (AvgIpc) is 2.79. The molecule has 0 spiro atoms. The number of aromatic nitrogens is 2. The van der Waals surface area contributed by atoms with Gasteiger partial charge in [0.15, 0.2) is 0 Å². The molecule has 0 aliphatic heterocycles. The second-order valence-corrected chi connectivity index (χ2v) is 4.74. The van der Waals surface area contributed by atoms with E-state index < -0.39 is 0 Å². The van der Waals surface area contributed by atoms with E-state index in [1.54, 1.807) is 0 Å². The predicted molar refractivity (Wildman–Crippen MR) is 80.0 cm³/mol. The number of hydrogen-bond acceptors (Lipinski definition) is 3. The van der Waals surface area contributed by atoms with Gasteiger partial charge >= 0.3 is 0 Å². The maximum absolute atomic E-state index is 5.71. The maximum Gasteiger partial charge on any atom is 0.119 e. The molecule has 20 heavy (non-hydrogen) atoms. The van der Waals surface area contributed by atoms with E-state index in [0.29, 0.717) is 6.61 Å². The molecule has 3 aromatic rings. The molecular formula is C16H17N3O. The Kier molecular flexibility index (Phi) is 3.29. The molecule has 102 valence electrons. The first-order valence-corrected chi connectivity index (χ1v) is 6.65. The first-order valence-electron chi connectivity index (χ1n) is 6.65. The van der Waals surface area contributed by atoms with E-state index in [2.05, 4.69) is 15.5 Å².